The van der Waals surface area contributed by atoms with Gasteiger partial charge in [-0.25, -0.2) is 9.78 Å². The van der Waals surface area contributed by atoms with E-state index in [0.717, 1.165) is 11.1 Å². The standard InChI is InChI=1S/C12H11N3O5S/c16-6-3-8(11(19)20)15(5-6)10(18)7-4-13-12-14(9(7)17)1-2-21-12/h1-2,4,6,8,16H,3,5H2,(H,19,20)/t6-,8+/m1/s1. The predicted octanol–water partition coefficient (Wildman–Crippen LogP) is -0.584. The molecule has 1 saturated heterocycles. The van der Waals surface area contributed by atoms with Crippen LogP contribution in [0.4, 0.5) is 0 Å². The van der Waals surface area contributed by atoms with Crippen LogP contribution in [0.1, 0.15) is 16.8 Å². The molecular weight excluding hydrogens is 298 g/mol. The van der Waals surface area contributed by atoms with Gasteiger partial charge in [0.15, 0.2) is 4.96 Å². The number of hydrogen-bond acceptors (Lipinski definition) is 6. The van der Waals surface area contributed by atoms with Crippen molar-refractivity contribution >= 4 is 28.2 Å². The molecule has 8 nitrogen and oxygen atoms in total. The topological polar surface area (TPSA) is 112 Å². The van der Waals surface area contributed by atoms with Crippen LogP contribution in [0.15, 0.2) is 22.6 Å². The molecule has 1 fully saturated rings. The van der Waals surface area contributed by atoms with Crippen LogP contribution in [-0.2, 0) is 4.79 Å². The Hall–Kier alpha value is -2.26. The maximum atomic E-state index is 12.4. The lowest BCUT2D eigenvalue weighted by Crippen LogP contribution is -2.42. The summed E-state index contributed by atoms with van der Waals surface area (Å²) in [6.45, 7) is -0.110. The van der Waals surface area contributed by atoms with E-state index in [1.807, 2.05) is 0 Å². The molecule has 1 aliphatic heterocycles. The van der Waals surface area contributed by atoms with Crippen LogP contribution in [0.25, 0.3) is 4.96 Å². The molecule has 0 aromatic carbocycles. The van der Waals surface area contributed by atoms with Crippen molar-refractivity contribution in [3.63, 3.8) is 0 Å². The fourth-order valence-electron chi connectivity index (χ4n) is 2.40. The first-order valence-corrected chi connectivity index (χ1v) is 7.03. The van der Waals surface area contributed by atoms with E-state index in [1.54, 1.807) is 5.38 Å². The van der Waals surface area contributed by atoms with Crippen molar-refractivity contribution in [3.05, 3.63) is 33.7 Å². The summed E-state index contributed by atoms with van der Waals surface area (Å²) in [5, 5.41) is 20.3. The average Bonchev–Trinajstić information content (AvgIpc) is 3.05. The number of carbonyl (C=O) groups excluding carboxylic acids is 1. The van der Waals surface area contributed by atoms with Gasteiger partial charge in [-0.3, -0.25) is 14.0 Å². The van der Waals surface area contributed by atoms with E-state index < -0.39 is 29.6 Å². The number of β-amino-alcohol motifs (C(OH)–C–C–N with tert-alkyl or cyclic N) is 1. The Morgan fingerprint density at radius 2 is 2.19 bits per heavy atom. The maximum Gasteiger partial charge on any atom is 0.326 e. The number of carboxylic acids is 1. The lowest BCUT2D eigenvalue weighted by atomic mass is 10.2. The van der Waals surface area contributed by atoms with Crippen LogP contribution in [-0.4, -0.2) is 55.1 Å². The van der Waals surface area contributed by atoms with Gasteiger partial charge in [-0.05, 0) is 0 Å². The Balaban J connectivity index is 2.02. The van der Waals surface area contributed by atoms with Gasteiger partial charge in [0.1, 0.15) is 11.6 Å². The number of thiazole rings is 1. The molecule has 3 heterocycles. The van der Waals surface area contributed by atoms with Crippen molar-refractivity contribution in [1.29, 1.82) is 0 Å². The minimum Gasteiger partial charge on any atom is -0.480 e. The van der Waals surface area contributed by atoms with Crippen molar-refractivity contribution in [2.45, 2.75) is 18.6 Å². The number of carbonyl (C=O) groups is 2. The van der Waals surface area contributed by atoms with E-state index in [1.165, 1.54) is 21.9 Å². The largest absolute Gasteiger partial charge is 0.480 e. The molecule has 0 radical (unpaired) electrons. The predicted molar refractivity (Wildman–Crippen MR) is 72.4 cm³/mol. The lowest BCUT2D eigenvalue weighted by molar-refractivity contribution is -0.141. The van der Waals surface area contributed by atoms with Crippen molar-refractivity contribution < 1.29 is 19.8 Å². The van der Waals surface area contributed by atoms with Gasteiger partial charge in [0.2, 0.25) is 0 Å². The number of fused-ring (bicyclic) bond motifs is 1. The number of hydrogen-bond donors (Lipinski definition) is 2. The van der Waals surface area contributed by atoms with Gasteiger partial charge in [0.05, 0.1) is 6.10 Å². The summed E-state index contributed by atoms with van der Waals surface area (Å²) in [5.74, 6) is -1.93. The normalized spacial score (nSPS) is 21.9. The molecule has 0 aliphatic carbocycles. The molecule has 2 aromatic rings. The summed E-state index contributed by atoms with van der Waals surface area (Å²) in [7, 11) is 0. The zero-order valence-corrected chi connectivity index (χ0v) is 11.5. The zero-order chi connectivity index (χ0) is 15.1. The number of amides is 1. The Bertz CT molecular complexity index is 783. The number of rotatable bonds is 2. The molecule has 110 valence electrons. The highest BCUT2D eigenvalue weighted by atomic mass is 32.1. The van der Waals surface area contributed by atoms with Crippen LogP contribution in [0.3, 0.4) is 0 Å². The molecule has 2 atom stereocenters. The van der Waals surface area contributed by atoms with Crippen LogP contribution in [0.5, 0.6) is 0 Å². The van der Waals surface area contributed by atoms with Gasteiger partial charge in [-0.1, -0.05) is 0 Å². The average molecular weight is 309 g/mol. The molecule has 2 aromatic heterocycles. The molecule has 0 spiro atoms. The van der Waals surface area contributed by atoms with E-state index in [2.05, 4.69) is 4.98 Å². The van der Waals surface area contributed by atoms with E-state index in [4.69, 9.17) is 5.11 Å². The Morgan fingerprint density at radius 1 is 1.43 bits per heavy atom. The number of nitrogens with zero attached hydrogens (tertiary/aromatic N) is 3. The van der Waals surface area contributed by atoms with Crippen LogP contribution < -0.4 is 5.56 Å². The molecule has 2 N–H and O–H groups in total. The molecule has 9 heteroatoms. The van der Waals surface area contributed by atoms with Gasteiger partial charge in [0, 0.05) is 30.7 Å². The molecule has 0 bridgehead atoms. The highest BCUT2D eigenvalue weighted by Gasteiger charge is 2.40. The van der Waals surface area contributed by atoms with Crippen molar-refractivity contribution in [1.82, 2.24) is 14.3 Å². The smallest absolute Gasteiger partial charge is 0.326 e. The molecule has 0 unspecified atom stereocenters. The quantitative estimate of drug-likeness (QED) is 0.767. The van der Waals surface area contributed by atoms with E-state index >= 15 is 0 Å². The van der Waals surface area contributed by atoms with Gasteiger partial charge in [0.25, 0.3) is 11.5 Å². The Morgan fingerprint density at radius 3 is 2.90 bits per heavy atom. The third kappa shape index (κ3) is 2.20. The number of aromatic nitrogens is 2. The third-order valence-corrected chi connectivity index (χ3v) is 4.17. The summed E-state index contributed by atoms with van der Waals surface area (Å²) < 4.78 is 1.24. The third-order valence-electron chi connectivity index (χ3n) is 3.40. The van der Waals surface area contributed by atoms with Gasteiger partial charge in [-0.15, -0.1) is 11.3 Å². The fraction of sp³-hybridized carbons (Fsp3) is 0.333. The first-order valence-electron chi connectivity index (χ1n) is 6.15. The first-order chi connectivity index (χ1) is 9.99. The second-order valence-corrected chi connectivity index (χ2v) is 5.61. The van der Waals surface area contributed by atoms with E-state index in [9.17, 15) is 19.5 Å². The van der Waals surface area contributed by atoms with Gasteiger partial charge in [-0.2, -0.15) is 0 Å². The Kier molecular flexibility index (Phi) is 3.22. The molecule has 1 aliphatic rings. The number of aliphatic carboxylic acids is 1. The van der Waals surface area contributed by atoms with Gasteiger partial charge < -0.3 is 15.1 Å². The van der Waals surface area contributed by atoms with E-state index in [0.29, 0.717) is 4.96 Å². The highest BCUT2D eigenvalue weighted by Crippen LogP contribution is 2.20. The van der Waals surface area contributed by atoms with Crippen LogP contribution >= 0.6 is 11.3 Å². The maximum absolute atomic E-state index is 12.4. The summed E-state index contributed by atoms with van der Waals surface area (Å²) >= 11 is 1.25. The fourth-order valence-corrected chi connectivity index (χ4v) is 3.07. The van der Waals surface area contributed by atoms with Crippen LogP contribution in [0, 0.1) is 0 Å². The molecule has 21 heavy (non-hydrogen) atoms. The SMILES string of the molecule is O=C(O)[C@@H]1C[C@@H](O)CN1C(=O)c1cnc2sccn2c1=O. The number of likely N-dealkylation sites (tertiary alicyclic amines) is 1. The molecule has 0 saturated carbocycles. The zero-order valence-electron chi connectivity index (χ0n) is 10.7. The van der Waals surface area contributed by atoms with E-state index in [-0.39, 0.29) is 18.5 Å². The van der Waals surface area contributed by atoms with Crippen molar-refractivity contribution in [3.8, 4) is 0 Å². The second-order valence-electron chi connectivity index (χ2n) is 4.73. The highest BCUT2D eigenvalue weighted by molar-refractivity contribution is 7.15. The first kappa shape index (κ1) is 13.7. The number of aliphatic hydroxyl groups is 1. The number of aliphatic hydroxyl groups excluding tert-OH is 1. The Labute approximate surface area is 121 Å². The minimum atomic E-state index is -1.20. The van der Waals surface area contributed by atoms with Crippen molar-refractivity contribution in [2.24, 2.45) is 0 Å². The summed E-state index contributed by atoms with van der Waals surface area (Å²) in [4.78, 5) is 41.2. The van der Waals surface area contributed by atoms with Crippen LogP contribution in [0.2, 0.25) is 0 Å². The summed E-state index contributed by atoms with van der Waals surface area (Å²) in [5.41, 5.74) is -0.747. The molecule has 3 rings (SSSR count). The lowest BCUT2D eigenvalue weighted by Gasteiger charge is -2.20. The molecular formula is C12H11N3O5S. The minimum absolute atomic E-state index is 0.0451. The van der Waals surface area contributed by atoms with Crippen molar-refractivity contribution in [2.75, 3.05) is 6.54 Å². The van der Waals surface area contributed by atoms with Gasteiger partial charge >= 0.3 is 5.97 Å². The summed E-state index contributed by atoms with van der Waals surface area (Å²) in [6, 6.07) is -1.13. The molecule has 1 amide bonds. The second kappa shape index (κ2) is 4.93. The number of carboxylic acid groups (broad SMARTS) is 1. The monoisotopic (exact) mass is 309 g/mol. The summed E-state index contributed by atoms with van der Waals surface area (Å²) in [6.07, 6.45) is 1.70.